The van der Waals surface area contributed by atoms with Gasteiger partial charge in [0.2, 0.25) is 11.8 Å². The molecule has 0 bridgehead atoms. The minimum absolute atomic E-state index is 0.0407. The number of nitrogens with zero attached hydrogens (tertiary/aromatic N) is 2. The summed E-state index contributed by atoms with van der Waals surface area (Å²) in [4.78, 5) is 51.7. The highest BCUT2D eigenvalue weighted by atomic mass is 19.1. The van der Waals surface area contributed by atoms with E-state index in [1.54, 1.807) is 0 Å². The number of fused-ring (bicyclic) bond motifs is 1. The van der Waals surface area contributed by atoms with Crippen LogP contribution in [0, 0.1) is 5.82 Å². The second kappa shape index (κ2) is 6.97. The van der Waals surface area contributed by atoms with Gasteiger partial charge in [-0.3, -0.25) is 29.4 Å². The van der Waals surface area contributed by atoms with Gasteiger partial charge in [0.25, 0.3) is 11.8 Å². The molecule has 8 nitrogen and oxygen atoms in total. The zero-order valence-electron chi connectivity index (χ0n) is 15.5. The summed E-state index contributed by atoms with van der Waals surface area (Å²) in [5.74, 6) is -3.00. The van der Waals surface area contributed by atoms with E-state index in [1.807, 2.05) is 11.9 Å². The molecule has 4 rings (SSSR count). The van der Waals surface area contributed by atoms with E-state index in [2.05, 4.69) is 10.6 Å². The first-order valence-corrected chi connectivity index (χ1v) is 9.38. The summed E-state index contributed by atoms with van der Waals surface area (Å²) in [7, 11) is 1.89. The molecular formula is C19H21FN4O4. The fourth-order valence-corrected chi connectivity index (χ4v) is 4.13. The number of nitrogens with one attached hydrogen (secondary N) is 2. The quantitative estimate of drug-likeness (QED) is 0.728. The van der Waals surface area contributed by atoms with Gasteiger partial charge in [0.15, 0.2) is 0 Å². The summed E-state index contributed by atoms with van der Waals surface area (Å²) in [6.07, 6.45) is 1.82. The van der Waals surface area contributed by atoms with Crippen molar-refractivity contribution in [2.24, 2.45) is 0 Å². The first-order valence-electron chi connectivity index (χ1n) is 9.38. The molecule has 9 heteroatoms. The third-order valence-electron chi connectivity index (χ3n) is 5.75. The number of carbonyl (C=O) groups is 4. The third-order valence-corrected chi connectivity index (χ3v) is 5.75. The second-order valence-corrected chi connectivity index (χ2v) is 7.35. The highest BCUT2D eigenvalue weighted by molar-refractivity contribution is 6.23. The fraction of sp³-hybridized carbons (Fsp3) is 0.474. The molecule has 3 aliphatic heterocycles. The maximum Gasteiger partial charge on any atom is 0.262 e. The average Bonchev–Trinajstić information content (AvgIpc) is 2.91. The molecule has 2 N–H and O–H groups in total. The molecule has 1 atom stereocenters. The predicted octanol–water partition coefficient (Wildman–Crippen LogP) is 0.415. The average molecular weight is 388 g/mol. The molecule has 0 spiro atoms. The highest BCUT2D eigenvalue weighted by Gasteiger charge is 2.45. The molecule has 3 aliphatic rings. The van der Waals surface area contributed by atoms with Crippen molar-refractivity contribution in [3.63, 3.8) is 0 Å². The van der Waals surface area contributed by atoms with Crippen LogP contribution in [0.15, 0.2) is 12.1 Å². The van der Waals surface area contributed by atoms with Crippen LogP contribution in [0.2, 0.25) is 0 Å². The van der Waals surface area contributed by atoms with Crippen molar-refractivity contribution in [2.75, 3.05) is 25.0 Å². The van der Waals surface area contributed by atoms with Gasteiger partial charge in [-0.25, -0.2) is 4.39 Å². The lowest BCUT2D eigenvalue weighted by atomic mass is 10.0. The van der Waals surface area contributed by atoms with Crippen molar-refractivity contribution in [3.8, 4) is 0 Å². The number of amides is 4. The van der Waals surface area contributed by atoms with Crippen LogP contribution in [0.1, 0.15) is 46.4 Å². The monoisotopic (exact) mass is 388 g/mol. The Balaban J connectivity index is 1.62. The topological polar surface area (TPSA) is 98.8 Å². The first-order chi connectivity index (χ1) is 13.4. The van der Waals surface area contributed by atoms with Gasteiger partial charge in [0.05, 0.1) is 16.8 Å². The smallest absolute Gasteiger partial charge is 0.262 e. The van der Waals surface area contributed by atoms with Crippen LogP contribution < -0.4 is 15.5 Å². The van der Waals surface area contributed by atoms with E-state index < -0.39 is 35.5 Å². The summed E-state index contributed by atoms with van der Waals surface area (Å²) < 4.78 is 14.7. The maximum atomic E-state index is 14.7. The van der Waals surface area contributed by atoms with Gasteiger partial charge in [-0.2, -0.15) is 0 Å². The lowest BCUT2D eigenvalue weighted by Gasteiger charge is -2.33. The Morgan fingerprint density at radius 1 is 1.04 bits per heavy atom. The number of hydrogen-bond acceptors (Lipinski definition) is 6. The van der Waals surface area contributed by atoms with Crippen molar-refractivity contribution >= 4 is 29.3 Å². The van der Waals surface area contributed by atoms with Crippen molar-refractivity contribution in [3.05, 3.63) is 29.1 Å². The first kappa shape index (κ1) is 18.5. The van der Waals surface area contributed by atoms with Gasteiger partial charge in [-0.1, -0.05) is 0 Å². The molecular weight excluding hydrogens is 367 g/mol. The number of carbonyl (C=O) groups excluding carboxylic acids is 4. The predicted molar refractivity (Wildman–Crippen MR) is 97.4 cm³/mol. The van der Waals surface area contributed by atoms with E-state index in [9.17, 15) is 23.6 Å². The van der Waals surface area contributed by atoms with E-state index in [0.29, 0.717) is 24.8 Å². The van der Waals surface area contributed by atoms with E-state index in [-0.39, 0.29) is 24.0 Å². The maximum absolute atomic E-state index is 14.7. The molecule has 1 aromatic rings. The SMILES string of the molecule is CNC1CCN(c2cc3c(cc2F)C(=O)N(C2CCC(=O)NC2=O)C3=O)CC1. The molecule has 0 aliphatic carbocycles. The standard InChI is InChI=1S/C19H21FN4O4/c1-21-10-4-6-23(7-5-10)15-9-12-11(8-13(15)20)18(27)24(19(12)28)14-2-3-16(25)22-17(14)26/h8-10,14,21H,2-7H2,1H3,(H,22,25,26). The van der Waals surface area contributed by atoms with E-state index in [1.165, 1.54) is 6.07 Å². The van der Waals surface area contributed by atoms with Crippen LogP contribution in [0.3, 0.4) is 0 Å². The molecule has 0 saturated carbocycles. The summed E-state index contributed by atoms with van der Waals surface area (Å²) >= 11 is 0. The van der Waals surface area contributed by atoms with Gasteiger partial charge in [0, 0.05) is 25.6 Å². The number of hydrogen-bond donors (Lipinski definition) is 2. The minimum atomic E-state index is -1.05. The molecule has 28 heavy (non-hydrogen) atoms. The Kier molecular flexibility index (Phi) is 4.62. The van der Waals surface area contributed by atoms with Crippen LogP contribution in [-0.4, -0.2) is 60.7 Å². The molecule has 2 saturated heterocycles. The Labute approximate surface area is 161 Å². The Hall–Kier alpha value is -2.81. The minimum Gasteiger partial charge on any atom is -0.369 e. The van der Waals surface area contributed by atoms with Crippen LogP contribution in [-0.2, 0) is 9.59 Å². The Bertz CT molecular complexity index is 879. The molecule has 2 fully saturated rings. The van der Waals surface area contributed by atoms with E-state index >= 15 is 0 Å². The lowest BCUT2D eigenvalue weighted by molar-refractivity contribution is -0.136. The summed E-state index contributed by atoms with van der Waals surface area (Å²) in [6, 6.07) is 1.82. The highest BCUT2D eigenvalue weighted by Crippen LogP contribution is 2.33. The number of rotatable bonds is 3. The number of imide groups is 2. The zero-order valence-corrected chi connectivity index (χ0v) is 15.5. The molecule has 1 unspecified atom stereocenters. The number of anilines is 1. The van der Waals surface area contributed by atoms with Gasteiger partial charge >= 0.3 is 0 Å². The van der Waals surface area contributed by atoms with Crippen LogP contribution >= 0.6 is 0 Å². The summed E-state index contributed by atoms with van der Waals surface area (Å²) in [5, 5.41) is 5.35. The lowest BCUT2D eigenvalue weighted by Crippen LogP contribution is -2.54. The molecule has 1 aromatic carbocycles. The molecule has 148 valence electrons. The van der Waals surface area contributed by atoms with Crippen molar-refractivity contribution in [1.29, 1.82) is 0 Å². The van der Waals surface area contributed by atoms with Crippen LogP contribution in [0.25, 0.3) is 0 Å². The number of piperidine rings is 2. The Morgan fingerprint density at radius 3 is 2.29 bits per heavy atom. The van der Waals surface area contributed by atoms with Gasteiger partial charge < -0.3 is 10.2 Å². The molecule has 4 amide bonds. The molecule has 0 radical (unpaired) electrons. The number of halogens is 1. The summed E-state index contributed by atoms with van der Waals surface area (Å²) in [5.41, 5.74) is 0.350. The summed E-state index contributed by atoms with van der Waals surface area (Å²) in [6.45, 7) is 1.28. The zero-order chi connectivity index (χ0) is 20.0. The fourth-order valence-electron chi connectivity index (χ4n) is 4.13. The van der Waals surface area contributed by atoms with Crippen molar-refractivity contribution < 1.29 is 23.6 Å². The van der Waals surface area contributed by atoms with Gasteiger partial charge in [-0.15, -0.1) is 0 Å². The Morgan fingerprint density at radius 2 is 1.68 bits per heavy atom. The van der Waals surface area contributed by atoms with E-state index in [4.69, 9.17) is 0 Å². The van der Waals surface area contributed by atoms with Gasteiger partial charge in [0.1, 0.15) is 11.9 Å². The van der Waals surface area contributed by atoms with Crippen LogP contribution in [0.5, 0.6) is 0 Å². The number of benzene rings is 1. The van der Waals surface area contributed by atoms with Gasteiger partial charge in [-0.05, 0) is 38.4 Å². The van der Waals surface area contributed by atoms with Crippen LogP contribution in [0.4, 0.5) is 10.1 Å². The second-order valence-electron chi connectivity index (χ2n) is 7.35. The third kappa shape index (κ3) is 2.95. The normalized spacial score (nSPS) is 23.3. The largest absolute Gasteiger partial charge is 0.369 e. The van der Waals surface area contributed by atoms with Crippen molar-refractivity contribution in [1.82, 2.24) is 15.5 Å². The molecule has 3 heterocycles. The van der Waals surface area contributed by atoms with Crippen molar-refractivity contribution in [2.45, 2.75) is 37.8 Å². The van der Waals surface area contributed by atoms with E-state index in [0.717, 1.165) is 23.8 Å². The molecule has 0 aromatic heterocycles.